The molecular formula is C10H12ClNO2S. The number of aromatic nitrogens is 1. The second-order valence-corrected chi connectivity index (χ2v) is 4.61. The smallest absolute Gasteiger partial charge is 0.316 e. The average molecular weight is 246 g/mol. The fourth-order valence-electron chi connectivity index (χ4n) is 1.05. The van der Waals surface area contributed by atoms with E-state index in [0.29, 0.717) is 17.3 Å². The van der Waals surface area contributed by atoms with Gasteiger partial charge in [0.05, 0.1) is 0 Å². The van der Waals surface area contributed by atoms with Gasteiger partial charge >= 0.3 is 5.97 Å². The Morgan fingerprint density at radius 3 is 2.87 bits per heavy atom. The maximum atomic E-state index is 10.7. The number of carboxylic acid groups (broad SMARTS) is 1. The predicted molar refractivity (Wildman–Crippen MR) is 62.3 cm³/mol. The first-order valence-corrected chi connectivity index (χ1v) is 6.01. The number of halogens is 1. The van der Waals surface area contributed by atoms with Crippen molar-refractivity contribution >= 4 is 29.3 Å². The highest BCUT2D eigenvalue weighted by atomic mass is 35.5. The molecule has 1 unspecified atom stereocenters. The van der Waals surface area contributed by atoms with Crippen molar-refractivity contribution in [2.24, 2.45) is 0 Å². The zero-order chi connectivity index (χ0) is 11.3. The van der Waals surface area contributed by atoms with Gasteiger partial charge in [0.25, 0.3) is 0 Å². The SMILES string of the molecule is CCC(SCc1ccc(Cl)nc1)C(=O)O. The summed E-state index contributed by atoms with van der Waals surface area (Å²) in [4.78, 5) is 14.7. The molecule has 0 aromatic carbocycles. The number of carboxylic acids is 1. The molecular weight excluding hydrogens is 234 g/mol. The largest absolute Gasteiger partial charge is 0.480 e. The number of carbonyl (C=O) groups is 1. The van der Waals surface area contributed by atoms with Crippen molar-refractivity contribution in [2.45, 2.75) is 24.3 Å². The summed E-state index contributed by atoms with van der Waals surface area (Å²) in [5.74, 6) is -0.112. The van der Waals surface area contributed by atoms with Crippen molar-refractivity contribution in [2.75, 3.05) is 0 Å². The van der Waals surface area contributed by atoms with Gasteiger partial charge < -0.3 is 5.11 Å². The maximum absolute atomic E-state index is 10.7. The zero-order valence-corrected chi connectivity index (χ0v) is 9.88. The van der Waals surface area contributed by atoms with Crippen LogP contribution in [0, 0.1) is 0 Å². The first kappa shape index (κ1) is 12.3. The highest BCUT2D eigenvalue weighted by Crippen LogP contribution is 2.20. The molecule has 0 bridgehead atoms. The lowest BCUT2D eigenvalue weighted by molar-refractivity contribution is -0.136. The van der Waals surface area contributed by atoms with Gasteiger partial charge in [-0.1, -0.05) is 24.6 Å². The molecule has 0 saturated heterocycles. The molecule has 0 aliphatic heterocycles. The van der Waals surface area contributed by atoms with Crippen LogP contribution < -0.4 is 0 Å². The van der Waals surface area contributed by atoms with Gasteiger partial charge in [0.15, 0.2) is 0 Å². The van der Waals surface area contributed by atoms with E-state index in [1.54, 1.807) is 12.3 Å². The summed E-state index contributed by atoms with van der Waals surface area (Å²) in [6.45, 7) is 1.87. The summed E-state index contributed by atoms with van der Waals surface area (Å²) in [6, 6.07) is 3.57. The summed E-state index contributed by atoms with van der Waals surface area (Å²) in [7, 11) is 0. The van der Waals surface area contributed by atoms with Gasteiger partial charge in [0, 0.05) is 11.9 Å². The van der Waals surface area contributed by atoms with Crippen molar-refractivity contribution in [3.63, 3.8) is 0 Å². The lowest BCUT2D eigenvalue weighted by Crippen LogP contribution is -2.15. The van der Waals surface area contributed by atoms with Gasteiger partial charge in [-0.05, 0) is 18.1 Å². The Hall–Kier alpha value is -0.740. The number of pyridine rings is 1. The minimum atomic E-state index is -0.760. The van der Waals surface area contributed by atoms with E-state index < -0.39 is 5.97 Å². The molecule has 0 amide bonds. The fourth-order valence-corrected chi connectivity index (χ4v) is 2.11. The van der Waals surface area contributed by atoms with Gasteiger partial charge in [-0.25, -0.2) is 4.98 Å². The monoisotopic (exact) mass is 245 g/mol. The molecule has 0 fully saturated rings. The van der Waals surface area contributed by atoms with Crippen molar-refractivity contribution in [1.82, 2.24) is 4.98 Å². The van der Waals surface area contributed by atoms with Crippen LogP contribution in [0.25, 0.3) is 0 Å². The van der Waals surface area contributed by atoms with Gasteiger partial charge in [0.2, 0.25) is 0 Å². The number of nitrogens with zero attached hydrogens (tertiary/aromatic N) is 1. The van der Waals surface area contributed by atoms with E-state index in [4.69, 9.17) is 16.7 Å². The molecule has 1 aromatic heterocycles. The van der Waals surface area contributed by atoms with E-state index in [9.17, 15) is 4.79 Å². The fraction of sp³-hybridized carbons (Fsp3) is 0.400. The van der Waals surface area contributed by atoms with Crippen LogP contribution in [0.2, 0.25) is 5.15 Å². The summed E-state index contributed by atoms with van der Waals surface area (Å²) in [5, 5.41) is 8.94. The number of aliphatic carboxylic acids is 1. The van der Waals surface area contributed by atoms with Gasteiger partial charge in [-0.15, -0.1) is 11.8 Å². The molecule has 0 saturated carbocycles. The third kappa shape index (κ3) is 4.10. The minimum absolute atomic E-state index is 0.347. The predicted octanol–water partition coefficient (Wildman–Crippen LogP) is 2.83. The van der Waals surface area contributed by atoms with Crippen LogP contribution in [-0.2, 0) is 10.5 Å². The molecule has 0 radical (unpaired) electrons. The molecule has 0 spiro atoms. The molecule has 82 valence electrons. The maximum Gasteiger partial charge on any atom is 0.316 e. The molecule has 1 aromatic rings. The third-order valence-electron chi connectivity index (χ3n) is 1.89. The van der Waals surface area contributed by atoms with E-state index in [1.807, 2.05) is 13.0 Å². The summed E-state index contributed by atoms with van der Waals surface area (Å²) < 4.78 is 0. The number of hydrogen-bond acceptors (Lipinski definition) is 3. The standard InChI is InChI=1S/C10H12ClNO2S/c1-2-8(10(13)14)15-6-7-3-4-9(11)12-5-7/h3-5,8H,2,6H2,1H3,(H,13,14). The molecule has 3 nitrogen and oxygen atoms in total. The van der Waals surface area contributed by atoms with Crippen LogP contribution in [-0.4, -0.2) is 21.3 Å². The Morgan fingerprint density at radius 2 is 2.40 bits per heavy atom. The quantitative estimate of drug-likeness (QED) is 0.811. The highest BCUT2D eigenvalue weighted by molar-refractivity contribution is 7.99. The second-order valence-electron chi connectivity index (χ2n) is 3.04. The summed E-state index contributed by atoms with van der Waals surface area (Å²) >= 11 is 7.05. The van der Waals surface area contributed by atoms with Crippen LogP contribution >= 0.6 is 23.4 Å². The van der Waals surface area contributed by atoms with Crippen LogP contribution in [0.3, 0.4) is 0 Å². The number of rotatable bonds is 5. The molecule has 0 aliphatic rings. The van der Waals surface area contributed by atoms with E-state index in [-0.39, 0.29) is 5.25 Å². The second kappa shape index (κ2) is 5.98. The lowest BCUT2D eigenvalue weighted by atomic mass is 10.3. The third-order valence-corrected chi connectivity index (χ3v) is 3.55. The topological polar surface area (TPSA) is 50.2 Å². The van der Waals surface area contributed by atoms with E-state index in [1.165, 1.54) is 11.8 Å². The highest BCUT2D eigenvalue weighted by Gasteiger charge is 2.14. The molecule has 0 aliphatic carbocycles. The first-order valence-electron chi connectivity index (χ1n) is 4.58. The molecule has 1 rings (SSSR count). The molecule has 15 heavy (non-hydrogen) atoms. The van der Waals surface area contributed by atoms with Crippen LogP contribution in [0.1, 0.15) is 18.9 Å². The van der Waals surface area contributed by atoms with Crippen molar-refractivity contribution in [1.29, 1.82) is 0 Å². The van der Waals surface area contributed by atoms with Crippen molar-refractivity contribution < 1.29 is 9.90 Å². The summed E-state index contributed by atoms with van der Waals surface area (Å²) in [6.07, 6.45) is 2.30. The van der Waals surface area contributed by atoms with E-state index in [2.05, 4.69) is 4.98 Å². The first-order chi connectivity index (χ1) is 7.13. The molecule has 1 heterocycles. The minimum Gasteiger partial charge on any atom is -0.480 e. The Morgan fingerprint density at radius 1 is 1.67 bits per heavy atom. The Labute approximate surface area is 97.9 Å². The molecule has 1 atom stereocenters. The van der Waals surface area contributed by atoms with Crippen molar-refractivity contribution in [3.05, 3.63) is 29.0 Å². The van der Waals surface area contributed by atoms with Crippen LogP contribution in [0.4, 0.5) is 0 Å². The Balaban J connectivity index is 2.49. The van der Waals surface area contributed by atoms with E-state index >= 15 is 0 Å². The Kier molecular flexibility index (Phi) is 4.91. The summed E-state index contributed by atoms with van der Waals surface area (Å²) in [5.41, 5.74) is 0.990. The number of thioether (sulfide) groups is 1. The molecule has 5 heteroatoms. The average Bonchev–Trinajstić information content (AvgIpc) is 2.21. The van der Waals surface area contributed by atoms with E-state index in [0.717, 1.165) is 5.56 Å². The van der Waals surface area contributed by atoms with Crippen LogP contribution in [0.5, 0.6) is 0 Å². The van der Waals surface area contributed by atoms with Crippen LogP contribution in [0.15, 0.2) is 18.3 Å². The van der Waals surface area contributed by atoms with Gasteiger partial charge in [-0.2, -0.15) is 0 Å². The van der Waals surface area contributed by atoms with Gasteiger partial charge in [0.1, 0.15) is 10.4 Å². The molecule has 1 N–H and O–H groups in total. The lowest BCUT2D eigenvalue weighted by Gasteiger charge is -2.08. The van der Waals surface area contributed by atoms with Crippen molar-refractivity contribution in [3.8, 4) is 0 Å². The number of hydrogen-bond donors (Lipinski definition) is 1. The van der Waals surface area contributed by atoms with Gasteiger partial charge in [-0.3, -0.25) is 4.79 Å². The normalized spacial score (nSPS) is 12.4. The Bertz CT molecular complexity index is 329. The zero-order valence-electron chi connectivity index (χ0n) is 8.31.